The highest BCUT2D eigenvalue weighted by Gasteiger charge is 2.00. The molecule has 0 radical (unpaired) electrons. The van der Waals surface area contributed by atoms with Gasteiger partial charge in [-0.25, -0.2) is 0 Å². The zero-order chi connectivity index (χ0) is 12.1. The first-order valence-corrected chi connectivity index (χ1v) is 5.51. The summed E-state index contributed by atoms with van der Waals surface area (Å²) in [7, 11) is 0. The van der Waals surface area contributed by atoms with Crippen LogP contribution in [0.4, 0.5) is 0 Å². The smallest absolute Gasteiger partial charge is 0.157 e. The molecule has 0 aromatic heterocycles. The van der Waals surface area contributed by atoms with E-state index in [1.807, 2.05) is 18.2 Å². The number of phenolic OH excluding ortho intramolecular Hbond substituents is 2. The molecule has 17 heavy (non-hydrogen) atoms. The lowest BCUT2D eigenvalue weighted by molar-refractivity contribution is 0.403. The molecule has 0 aliphatic carbocycles. The van der Waals surface area contributed by atoms with E-state index in [4.69, 9.17) is 0 Å². The van der Waals surface area contributed by atoms with E-state index in [2.05, 4.69) is 17.4 Å². The number of nitrogens with one attached hydrogen (secondary N) is 1. The van der Waals surface area contributed by atoms with Crippen LogP contribution in [-0.4, -0.2) is 10.2 Å². The van der Waals surface area contributed by atoms with E-state index in [0.29, 0.717) is 6.54 Å². The Balaban J connectivity index is 1.88. The van der Waals surface area contributed by atoms with E-state index in [1.54, 1.807) is 12.1 Å². The summed E-state index contributed by atoms with van der Waals surface area (Å²) >= 11 is 0. The van der Waals surface area contributed by atoms with Crippen LogP contribution in [0.3, 0.4) is 0 Å². The average molecular weight is 229 g/mol. The molecule has 2 aromatic carbocycles. The molecule has 0 atom stereocenters. The van der Waals surface area contributed by atoms with Gasteiger partial charge in [0.25, 0.3) is 0 Å². The van der Waals surface area contributed by atoms with E-state index in [9.17, 15) is 10.2 Å². The first-order valence-electron chi connectivity index (χ1n) is 5.51. The van der Waals surface area contributed by atoms with Crippen LogP contribution >= 0.6 is 0 Å². The molecule has 3 heteroatoms. The molecule has 2 rings (SSSR count). The lowest BCUT2D eigenvalue weighted by Gasteiger charge is -2.06. The molecule has 0 bridgehead atoms. The molecule has 0 amide bonds. The van der Waals surface area contributed by atoms with Gasteiger partial charge in [-0.3, -0.25) is 0 Å². The zero-order valence-corrected chi connectivity index (χ0v) is 9.43. The topological polar surface area (TPSA) is 52.5 Å². The molecule has 0 aliphatic heterocycles. The second-order valence-corrected chi connectivity index (χ2v) is 3.91. The molecule has 2 aromatic rings. The second kappa shape index (κ2) is 5.37. The van der Waals surface area contributed by atoms with Gasteiger partial charge in [-0.05, 0) is 23.3 Å². The van der Waals surface area contributed by atoms with Crippen molar-refractivity contribution >= 4 is 0 Å². The fraction of sp³-hybridized carbons (Fsp3) is 0.143. The molecular weight excluding hydrogens is 214 g/mol. The summed E-state index contributed by atoms with van der Waals surface area (Å²) in [6.45, 7) is 1.44. The fourth-order valence-corrected chi connectivity index (χ4v) is 1.63. The lowest BCUT2D eigenvalue weighted by Crippen LogP contribution is -2.12. The van der Waals surface area contributed by atoms with E-state index in [1.165, 1.54) is 11.6 Å². The quantitative estimate of drug-likeness (QED) is 0.705. The predicted octanol–water partition coefficient (Wildman–Crippen LogP) is 2.39. The van der Waals surface area contributed by atoms with Crippen LogP contribution in [-0.2, 0) is 13.1 Å². The Morgan fingerprint density at radius 3 is 2.18 bits per heavy atom. The number of benzene rings is 2. The van der Waals surface area contributed by atoms with E-state index in [0.717, 1.165) is 12.1 Å². The molecule has 0 spiro atoms. The van der Waals surface area contributed by atoms with E-state index < -0.39 is 0 Å². The van der Waals surface area contributed by atoms with Crippen molar-refractivity contribution in [1.82, 2.24) is 5.32 Å². The standard InChI is InChI=1S/C14H15NO2/c16-13-7-6-12(8-14(13)17)10-15-9-11-4-2-1-3-5-11/h1-8,15-17H,9-10H2. The lowest BCUT2D eigenvalue weighted by atomic mass is 10.2. The van der Waals surface area contributed by atoms with Crippen LogP contribution in [0.2, 0.25) is 0 Å². The molecule has 0 unspecified atom stereocenters. The summed E-state index contributed by atoms with van der Waals surface area (Å²) in [6, 6.07) is 15.0. The highest BCUT2D eigenvalue weighted by molar-refractivity contribution is 5.40. The van der Waals surface area contributed by atoms with Crippen LogP contribution in [0.25, 0.3) is 0 Å². The first kappa shape index (κ1) is 11.5. The van der Waals surface area contributed by atoms with E-state index >= 15 is 0 Å². The van der Waals surface area contributed by atoms with Gasteiger partial charge in [0.15, 0.2) is 11.5 Å². The normalized spacial score (nSPS) is 10.4. The van der Waals surface area contributed by atoms with Gasteiger partial charge < -0.3 is 15.5 Å². The minimum absolute atomic E-state index is 0.0796. The third-order valence-electron chi connectivity index (χ3n) is 2.54. The molecule has 3 nitrogen and oxygen atoms in total. The second-order valence-electron chi connectivity index (χ2n) is 3.91. The van der Waals surface area contributed by atoms with Crippen LogP contribution in [0.1, 0.15) is 11.1 Å². The first-order chi connectivity index (χ1) is 8.25. The fourth-order valence-electron chi connectivity index (χ4n) is 1.63. The van der Waals surface area contributed by atoms with Crippen molar-refractivity contribution in [2.24, 2.45) is 0 Å². The molecule has 0 saturated carbocycles. The van der Waals surface area contributed by atoms with Gasteiger partial charge >= 0.3 is 0 Å². The Bertz CT molecular complexity index is 483. The summed E-state index contributed by atoms with van der Waals surface area (Å²) in [5.41, 5.74) is 2.16. The van der Waals surface area contributed by atoms with Gasteiger partial charge in [-0.1, -0.05) is 36.4 Å². The van der Waals surface area contributed by atoms with Gasteiger partial charge in [-0.2, -0.15) is 0 Å². The maximum Gasteiger partial charge on any atom is 0.157 e. The molecule has 88 valence electrons. The van der Waals surface area contributed by atoms with Gasteiger partial charge in [0, 0.05) is 13.1 Å². The minimum atomic E-state index is -0.0863. The van der Waals surface area contributed by atoms with Crippen LogP contribution < -0.4 is 5.32 Å². The highest BCUT2D eigenvalue weighted by Crippen LogP contribution is 2.24. The van der Waals surface area contributed by atoms with Crippen molar-refractivity contribution in [3.05, 3.63) is 59.7 Å². The largest absolute Gasteiger partial charge is 0.504 e. The van der Waals surface area contributed by atoms with E-state index in [-0.39, 0.29) is 11.5 Å². The average Bonchev–Trinajstić information content (AvgIpc) is 2.35. The molecule has 0 fully saturated rings. The van der Waals surface area contributed by atoms with Gasteiger partial charge in [-0.15, -0.1) is 0 Å². The Morgan fingerprint density at radius 1 is 0.765 bits per heavy atom. The number of rotatable bonds is 4. The Hall–Kier alpha value is -2.00. The number of hydrogen-bond donors (Lipinski definition) is 3. The molecule has 0 aliphatic rings. The Kier molecular flexibility index (Phi) is 3.62. The van der Waals surface area contributed by atoms with Crippen molar-refractivity contribution < 1.29 is 10.2 Å². The summed E-state index contributed by atoms with van der Waals surface area (Å²) in [4.78, 5) is 0. The van der Waals surface area contributed by atoms with Crippen molar-refractivity contribution in [1.29, 1.82) is 0 Å². The highest BCUT2D eigenvalue weighted by atomic mass is 16.3. The number of phenols is 2. The van der Waals surface area contributed by atoms with Gasteiger partial charge in [0.05, 0.1) is 0 Å². The third kappa shape index (κ3) is 3.23. The van der Waals surface area contributed by atoms with Crippen molar-refractivity contribution in [2.45, 2.75) is 13.1 Å². The van der Waals surface area contributed by atoms with Gasteiger partial charge in [0.2, 0.25) is 0 Å². The molecule has 3 N–H and O–H groups in total. The SMILES string of the molecule is Oc1ccc(CNCc2ccccc2)cc1O. The van der Waals surface area contributed by atoms with Crippen molar-refractivity contribution in [2.75, 3.05) is 0 Å². The third-order valence-corrected chi connectivity index (χ3v) is 2.54. The molecular formula is C14H15NO2. The molecule has 0 saturated heterocycles. The maximum atomic E-state index is 9.34. The van der Waals surface area contributed by atoms with Crippen LogP contribution in [0, 0.1) is 0 Å². The molecule has 0 heterocycles. The minimum Gasteiger partial charge on any atom is -0.504 e. The summed E-state index contributed by atoms with van der Waals surface area (Å²) in [5, 5.41) is 21.8. The van der Waals surface area contributed by atoms with Gasteiger partial charge in [0.1, 0.15) is 0 Å². The number of hydrogen-bond acceptors (Lipinski definition) is 3. The summed E-state index contributed by atoms with van der Waals surface area (Å²) in [6.07, 6.45) is 0. The maximum absolute atomic E-state index is 9.34. The number of aromatic hydroxyl groups is 2. The summed E-state index contributed by atoms with van der Waals surface area (Å²) < 4.78 is 0. The zero-order valence-electron chi connectivity index (χ0n) is 9.43. The predicted molar refractivity (Wildman–Crippen MR) is 66.8 cm³/mol. The summed E-state index contributed by atoms with van der Waals surface area (Å²) in [5.74, 6) is -0.166. The van der Waals surface area contributed by atoms with Crippen LogP contribution in [0.15, 0.2) is 48.5 Å². The monoisotopic (exact) mass is 229 g/mol. The Labute approximate surface area is 100 Å². The van der Waals surface area contributed by atoms with Crippen molar-refractivity contribution in [3.63, 3.8) is 0 Å². The Morgan fingerprint density at radius 2 is 1.47 bits per heavy atom. The van der Waals surface area contributed by atoms with Crippen LogP contribution in [0.5, 0.6) is 11.5 Å². The van der Waals surface area contributed by atoms with Crippen molar-refractivity contribution in [3.8, 4) is 11.5 Å².